The van der Waals surface area contributed by atoms with E-state index < -0.39 is 0 Å². The quantitative estimate of drug-likeness (QED) is 0.830. The number of benzene rings is 1. The molecule has 0 radical (unpaired) electrons. The summed E-state index contributed by atoms with van der Waals surface area (Å²) in [5.74, 6) is 0.371. The average Bonchev–Trinajstić information content (AvgIpc) is 3.22. The summed E-state index contributed by atoms with van der Waals surface area (Å²) in [4.78, 5) is 25.3. The molecule has 18 heavy (non-hydrogen) atoms. The first-order valence-corrected chi connectivity index (χ1v) is 5.96. The Kier molecular flexibility index (Phi) is 2.90. The molecule has 5 nitrogen and oxygen atoms in total. The van der Waals surface area contributed by atoms with Crippen molar-refractivity contribution in [1.82, 2.24) is 15.4 Å². The first kappa shape index (κ1) is 11.1. The van der Waals surface area contributed by atoms with Crippen LogP contribution in [0.3, 0.4) is 0 Å². The summed E-state index contributed by atoms with van der Waals surface area (Å²) in [6.07, 6.45) is 5.62. The Hall–Kier alpha value is -2.01. The number of rotatable bonds is 4. The van der Waals surface area contributed by atoms with Gasteiger partial charge < -0.3 is 0 Å². The van der Waals surface area contributed by atoms with Crippen molar-refractivity contribution in [2.24, 2.45) is 5.92 Å². The second-order valence-electron chi connectivity index (χ2n) is 4.45. The molecule has 0 bridgehead atoms. The van der Waals surface area contributed by atoms with Gasteiger partial charge in [-0.15, -0.1) is 0 Å². The average molecular weight is 243 g/mol. The topological polar surface area (TPSA) is 64.1 Å². The van der Waals surface area contributed by atoms with Crippen molar-refractivity contribution < 1.29 is 9.63 Å². The van der Waals surface area contributed by atoms with Crippen LogP contribution in [0.15, 0.2) is 30.6 Å². The van der Waals surface area contributed by atoms with Gasteiger partial charge in [-0.2, -0.15) is 0 Å². The van der Waals surface area contributed by atoms with E-state index in [1.165, 1.54) is 12.8 Å². The number of amides is 1. The largest absolute Gasteiger partial charge is 0.274 e. The minimum atomic E-state index is -0.247. The molecule has 1 aromatic heterocycles. The fourth-order valence-corrected chi connectivity index (χ4v) is 1.67. The Labute approximate surface area is 104 Å². The fraction of sp³-hybridized carbons (Fsp3) is 0.308. The molecule has 5 heteroatoms. The second kappa shape index (κ2) is 4.70. The lowest BCUT2D eigenvalue weighted by molar-refractivity contribution is 0.0270. The van der Waals surface area contributed by atoms with Gasteiger partial charge in [0.2, 0.25) is 0 Å². The van der Waals surface area contributed by atoms with E-state index in [1.807, 2.05) is 0 Å². The standard InChI is InChI=1S/C13H13N3O2/c17-13(16-18-8-9-1-2-9)10-3-4-11-12(7-10)15-6-5-14-11/h3-7,9H,1-2,8H2,(H,16,17). The predicted molar refractivity (Wildman–Crippen MR) is 65.7 cm³/mol. The normalized spacial score (nSPS) is 14.7. The third kappa shape index (κ3) is 2.46. The van der Waals surface area contributed by atoms with Crippen LogP contribution in [-0.4, -0.2) is 22.5 Å². The lowest BCUT2D eigenvalue weighted by Crippen LogP contribution is -2.24. The number of hydroxylamine groups is 1. The number of hydrogen-bond acceptors (Lipinski definition) is 4. The number of carbonyl (C=O) groups is 1. The van der Waals surface area contributed by atoms with Crippen LogP contribution in [0, 0.1) is 5.92 Å². The van der Waals surface area contributed by atoms with E-state index in [4.69, 9.17) is 4.84 Å². The zero-order valence-electron chi connectivity index (χ0n) is 9.80. The Morgan fingerprint density at radius 1 is 1.28 bits per heavy atom. The minimum Gasteiger partial charge on any atom is -0.273 e. The molecule has 0 saturated heterocycles. The molecule has 1 aliphatic carbocycles. The molecule has 1 saturated carbocycles. The minimum absolute atomic E-state index is 0.247. The summed E-state index contributed by atoms with van der Waals surface area (Å²) in [5.41, 5.74) is 4.45. The van der Waals surface area contributed by atoms with Gasteiger partial charge in [-0.3, -0.25) is 19.6 Å². The van der Waals surface area contributed by atoms with Gasteiger partial charge in [-0.05, 0) is 37.0 Å². The summed E-state index contributed by atoms with van der Waals surface area (Å²) in [5, 5.41) is 0. The predicted octanol–water partition coefficient (Wildman–Crippen LogP) is 1.70. The highest BCUT2D eigenvalue weighted by molar-refractivity contribution is 5.96. The number of fused-ring (bicyclic) bond motifs is 1. The number of carbonyl (C=O) groups excluding carboxylic acids is 1. The molecule has 2 aromatic rings. The highest BCUT2D eigenvalue weighted by atomic mass is 16.7. The highest BCUT2D eigenvalue weighted by Crippen LogP contribution is 2.28. The molecule has 92 valence electrons. The van der Waals surface area contributed by atoms with Crippen LogP contribution in [0.2, 0.25) is 0 Å². The van der Waals surface area contributed by atoms with Crippen LogP contribution in [0.4, 0.5) is 0 Å². The van der Waals surface area contributed by atoms with E-state index in [0.717, 1.165) is 5.52 Å². The van der Waals surface area contributed by atoms with Crippen LogP contribution >= 0.6 is 0 Å². The first-order valence-electron chi connectivity index (χ1n) is 5.96. The Morgan fingerprint density at radius 2 is 2.06 bits per heavy atom. The monoisotopic (exact) mass is 243 g/mol. The molecule has 0 unspecified atom stereocenters. The number of nitrogens with zero attached hydrogens (tertiary/aromatic N) is 2. The zero-order chi connectivity index (χ0) is 12.4. The van der Waals surface area contributed by atoms with Crippen LogP contribution < -0.4 is 5.48 Å². The van der Waals surface area contributed by atoms with Gasteiger partial charge in [0.15, 0.2) is 0 Å². The van der Waals surface area contributed by atoms with Crippen molar-refractivity contribution in [3.05, 3.63) is 36.2 Å². The van der Waals surface area contributed by atoms with E-state index in [0.29, 0.717) is 23.6 Å². The van der Waals surface area contributed by atoms with E-state index >= 15 is 0 Å². The van der Waals surface area contributed by atoms with Crippen LogP contribution in [0.1, 0.15) is 23.2 Å². The lowest BCUT2D eigenvalue weighted by atomic mass is 10.2. The van der Waals surface area contributed by atoms with Gasteiger partial charge >= 0.3 is 0 Å². The van der Waals surface area contributed by atoms with Gasteiger partial charge in [0.05, 0.1) is 17.6 Å². The molecule has 1 heterocycles. The van der Waals surface area contributed by atoms with Crippen molar-refractivity contribution in [3.8, 4) is 0 Å². The van der Waals surface area contributed by atoms with E-state index in [2.05, 4.69) is 15.4 Å². The van der Waals surface area contributed by atoms with Crippen molar-refractivity contribution in [2.45, 2.75) is 12.8 Å². The van der Waals surface area contributed by atoms with Crippen LogP contribution in [0.25, 0.3) is 11.0 Å². The maximum absolute atomic E-state index is 11.8. The molecule has 1 N–H and O–H groups in total. The summed E-state index contributed by atoms with van der Waals surface area (Å²) >= 11 is 0. The first-order chi connectivity index (χ1) is 8.83. The number of nitrogens with one attached hydrogen (secondary N) is 1. The van der Waals surface area contributed by atoms with E-state index in [9.17, 15) is 4.79 Å². The van der Waals surface area contributed by atoms with Gasteiger partial charge in [0, 0.05) is 18.0 Å². The fourth-order valence-electron chi connectivity index (χ4n) is 1.67. The molecule has 0 atom stereocenters. The zero-order valence-corrected chi connectivity index (χ0v) is 9.80. The molecule has 1 fully saturated rings. The van der Waals surface area contributed by atoms with Gasteiger partial charge in [0.25, 0.3) is 5.91 Å². The van der Waals surface area contributed by atoms with Crippen molar-refractivity contribution in [3.63, 3.8) is 0 Å². The van der Waals surface area contributed by atoms with Gasteiger partial charge in [0.1, 0.15) is 0 Å². The highest BCUT2D eigenvalue weighted by Gasteiger charge is 2.21. The third-order valence-electron chi connectivity index (χ3n) is 2.91. The SMILES string of the molecule is O=C(NOCC1CC1)c1ccc2nccnc2c1. The summed E-state index contributed by atoms with van der Waals surface area (Å²) in [7, 11) is 0. The van der Waals surface area contributed by atoms with Crippen molar-refractivity contribution in [1.29, 1.82) is 0 Å². The van der Waals surface area contributed by atoms with Gasteiger partial charge in [-0.25, -0.2) is 5.48 Å². The molecule has 3 rings (SSSR count). The van der Waals surface area contributed by atoms with Crippen molar-refractivity contribution >= 4 is 16.9 Å². The molecule has 0 spiro atoms. The number of hydrogen-bond donors (Lipinski definition) is 1. The van der Waals surface area contributed by atoms with E-state index in [-0.39, 0.29) is 5.91 Å². The summed E-state index contributed by atoms with van der Waals surface area (Å²) in [6.45, 7) is 0.596. The molecular formula is C13H13N3O2. The molecule has 0 aliphatic heterocycles. The Balaban J connectivity index is 1.69. The Morgan fingerprint density at radius 3 is 2.83 bits per heavy atom. The third-order valence-corrected chi connectivity index (χ3v) is 2.91. The van der Waals surface area contributed by atoms with E-state index in [1.54, 1.807) is 30.6 Å². The Bertz CT molecular complexity index is 581. The maximum atomic E-state index is 11.8. The van der Waals surface area contributed by atoms with Gasteiger partial charge in [-0.1, -0.05) is 0 Å². The lowest BCUT2D eigenvalue weighted by Gasteiger charge is -2.05. The molecule has 1 aliphatic rings. The second-order valence-corrected chi connectivity index (χ2v) is 4.45. The molecule has 1 aromatic carbocycles. The van der Waals surface area contributed by atoms with Crippen molar-refractivity contribution in [2.75, 3.05) is 6.61 Å². The van der Waals surface area contributed by atoms with Crippen LogP contribution in [-0.2, 0) is 4.84 Å². The summed E-state index contributed by atoms with van der Waals surface area (Å²) in [6, 6.07) is 5.20. The molecular weight excluding hydrogens is 230 g/mol. The summed E-state index contributed by atoms with van der Waals surface area (Å²) < 4.78 is 0. The maximum Gasteiger partial charge on any atom is 0.274 e. The smallest absolute Gasteiger partial charge is 0.273 e. The van der Waals surface area contributed by atoms with Crippen LogP contribution in [0.5, 0.6) is 0 Å². The molecule has 1 amide bonds. The number of aromatic nitrogens is 2.